The molecule has 1 fully saturated rings. The predicted octanol–water partition coefficient (Wildman–Crippen LogP) is 3.12. The van der Waals surface area contributed by atoms with Crippen LogP contribution in [0.4, 0.5) is 4.39 Å². The quantitative estimate of drug-likeness (QED) is 0.754. The highest BCUT2D eigenvalue weighted by atomic mass is 79.9. The summed E-state index contributed by atoms with van der Waals surface area (Å²) in [7, 11) is 2.10. The van der Waals surface area contributed by atoms with Crippen molar-refractivity contribution in [1.29, 1.82) is 0 Å². The summed E-state index contributed by atoms with van der Waals surface area (Å²) in [6.45, 7) is 5.57. The predicted molar refractivity (Wildman–Crippen MR) is 87.1 cm³/mol. The minimum atomic E-state index is -0.286. The van der Waals surface area contributed by atoms with E-state index in [0.717, 1.165) is 43.0 Å². The zero-order chi connectivity index (χ0) is 15.1. The van der Waals surface area contributed by atoms with E-state index in [-0.39, 0.29) is 11.2 Å². The number of nitrogens with zero attached hydrogens (tertiary/aromatic N) is 4. The number of imidazole rings is 1. The lowest BCUT2D eigenvalue weighted by molar-refractivity contribution is 0.287. The van der Waals surface area contributed by atoms with Crippen molar-refractivity contribution in [3.63, 3.8) is 0 Å². The molecule has 0 radical (unpaired) electrons. The first-order valence-corrected chi connectivity index (χ1v) is 8.15. The molecule has 0 N–H and O–H groups in total. The lowest BCUT2D eigenvalue weighted by Gasteiger charge is -2.35. The number of hydrogen-bond acceptors (Lipinski definition) is 3. The summed E-state index contributed by atoms with van der Waals surface area (Å²) in [4.78, 5) is 6.86. The van der Waals surface area contributed by atoms with Gasteiger partial charge >= 0.3 is 0 Å². The molecule has 1 aliphatic heterocycles. The maximum atomic E-state index is 13.9. The van der Waals surface area contributed by atoms with Crippen LogP contribution in [0.1, 0.15) is 18.1 Å². The third kappa shape index (κ3) is 2.76. The van der Waals surface area contributed by atoms with Crippen LogP contribution in [0.15, 0.2) is 16.6 Å². The molecule has 1 saturated heterocycles. The van der Waals surface area contributed by atoms with Gasteiger partial charge in [-0.15, -0.1) is 11.6 Å². The molecule has 1 atom stereocenters. The molecule has 3 rings (SSSR count). The second kappa shape index (κ2) is 5.74. The molecule has 1 aliphatic rings. The number of benzene rings is 1. The molecule has 0 aliphatic carbocycles. The maximum absolute atomic E-state index is 13.9. The number of hydrogen-bond donors (Lipinski definition) is 0. The average Bonchev–Trinajstić information content (AvgIpc) is 2.79. The second-order valence-electron chi connectivity index (χ2n) is 5.41. The van der Waals surface area contributed by atoms with Gasteiger partial charge in [0.05, 0.1) is 20.9 Å². The molecule has 1 aromatic carbocycles. The molecule has 0 bridgehead atoms. The molecule has 0 spiro atoms. The van der Waals surface area contributed by atoms with Crippen LogP contribution in [-0.2, 0) is 0 Å². The highest BCUT2D eigenvalue weighted by Crippen LogP contribution is 2.28. The third-order valence-corrected chi connectivity index (χ3v) is 4.62. The van der Waals surface area contributed by atoms with Crippen LogP contribution < -0.4 is 5.01 Å². The molecule has 2 heterocycles. The van der Waals surface area contributed by atoms with Gasteiger partial charge in [-0.3, -0.25) is 0 Å². The largest absolute Gasteiger partial charge is 0.308 e. The zero-order valence-corrected chi connectivity index (χ0v) is 14.3. The fourth-order valence-corrected chi connectivity index (χ4v) is 3.10. The van der Waals surface area contributed by atoms with Gasteiger partial charge in [0.25, 0.3) is 0 Å². The summed E-state index contributed by atoms with van der Waals surface area (Å²) in [6.07, 6.45) is 0. The molecule has 1 unspecified atom stereocenters. The van der Waals surface area contributed by atoms with E-state index < -0.39 is 0 Å². The van der Waals surface area contributed by atoms with Crippen LogP contribution in [0.5, 0.6) is 0 Å². The summed E-state index contributed by atoms with van der Waals surface area (Å²) < 4.78 is 16.3. The molecule has 2 aromatic rings. The zero-order valence-electron chi connectivity index (χ0n) is 12.0. The Morgan fingerprint density at radius 2 is 1.95 bits per heavy atom. The Labute approximate surface area is 136 Å². The summed E-state index contributed by atoms with van der Waals surface area (Å²) in [5.74, 6) is 0.472. The van der Waals surface area contributed by atoms with E-state index in [1.807, 2.05) is 11.6 Å². The van der Waals surface area contributed by atoms with Crippen molar-refractivity contribution in [1.82, 2.24) is 14.6 Å². The van der Waals surface area contributed by atoms with Gasteiger partial charge < -0.3 is 9.91 Å². The molecular formula is C14H17BrClFN4. The van der Waals surface area contributed by atoms with Gasteiger partial charge in [-0.1, -0.05) is 0 Å². The smallest absolute Gasteiger partial charge is 0.146 e. The van der Waals surface area contributed by atoms with Gasteiger partial charge in [0.1, 0.15) is 11.6 Å². The topological polar surface area (TPSA) is 24.3 Å². The first-order chi connectivity index (χ1) is 9.97. The van der Waals surface area contributed by atoms with Crippen LogP contribution >= 0.6 is 27.5 Å². The second-order valence-corrected chi connectivity index (χ2v) is 6.92. The normalized spacial score (nSPS) is 18.4. The molecule has 1 aromatic heterocycles. The number of fused-ring (bicyclic) bond motifs is 1. The highest BCUT2D eigenvalue weighted by molar-refractivity contribution is 9.10. The van der Waals surface area contributed by atoms with Gasteiger partial charge in [-0.2, -0.15) is 0 Å². The SMILES string of the molecule is CC(Cl)c1nc2cc(Br)c(F)cc2n1N1CCN(C)CC1. The molecule has 114 valence electrons. The van der Waals surface area contributed by atoms with Crippen LogP contribution in [0, 0.1) is 5.82 Å². The Morgan fingerprint density at radius 1 is 1.29 bits per heavy atom. The lowest BCUT2D eigenvalue weighted by atomic mass is 10.3. The van der Waals surface area contributed by atoms with E-state index in [0.29, 0.717) is 4.47 Å². The summed E-state index contributed by atoms with van der Waals surface area (Å²) in [5, 5.41) is 1.95. The lowest BCUT2D eigenvalue weighted by Crippen LogP contribution is -2.50. The molecule has 4 nitrogen and oxygen atoms in total. The van der Waals surface area contributed by atoms with Crippen molar-refractivity contribution in [2.45, 2.75) is 12.3 Å². The summed E-state index contributed by atoms with van der Waals surface area (Å²) in [5.41, 5.74) is 1.52. The minimum Gasteiger partial charge on any atom is -0.308 e. The van der Waals surface area contributed by atoms with Gasteiger partial charge in [0.15, 0.2) is 0 Å². The summed E-state index contributed by atoms with van der Waals surface area (Å²) in [6, 6.07) is 3.23. The molecule has 7 heteroatoms. The van der Waals surface area contributed by atoms with Gasteiger partial charge in [-0.25, -0.2) is 14.1 Å². The highest BCUT2D eigenvalue weighted by Gasteiger charge is 2.23. The first kappa shape index (κ1) is 15.1. The van der Waals surface area contributed by atoms with E-state index in [1.54, 1.807) is 6.07 Å². The van der Waals surface area contributed by atoms with Gasteiger partial charge in [0, 0.05) is 32.2 Å². The fourth-order valence-electron chi connectivity index (χ4n) is 2.63. The Bertz CT molecular complexity index is 665. The Kier molecular flexibility index (Phi) is 4.12. The first-order valence-electron chi connectivity index (χ1n) is 6.92. The van der Waals surface area contributed by atoms with E-state index in [2.05, 4.69) is 37.9 Å². The Morgan fingerprint density at radius 3 is 2.57 bits per heavy atom. The third-order valence-electron chi connectivity index (χ3n) is 3.82. The van der Waals surface area contributed by atoms with Gasteiger partial charge in [0.2, 0.25) is 0 Å². The van der Waals surface area contributed by atoms with Crippen LogP contribution in [-0.4, -0.2) is 47.8 Å². The van der Waals surface area contributed by atoms with E-state index in [1.165, 1.54) is 6.07 Å². The minimum absolute atomic E-state index is 0.237. The van der Waals surface area contributed by atoms with Crippen molar-refractivity contribution in [3.8, 4) is 0 Å². The molecular weight excluding hydrogens is 359 g/mol. The van der Waals surface area contributed by atoms with Crippen LogP contribution in [0.3, 0.4) is 0 Å². The van der Waals surface area contributed by atoms with E-state index in [4.69, 9.17) is 11.6 Å². The van der Waals surface area contributed by atoms with E-state index >= 15 is 0 Å². The van der Waals surface area contributed by atoms with Crippen molar-refractivity contribution in [2.75, 3.05) is 38.2 Å². The van der Waals surface area contributed by atoms with Crippen molar-refractivity contribution in [3.05, 3.63) is 28.2 Å². The van der Waals surface area contributed by atoms with E-state index in [9.17, 15) is 4.39 Å². The van der Waals surface area contributed by atoms with Crippen LogP contribution in [0.2, 0.25) is 0 Å². The number of piperazine rings is 1. The Balaban J connectivity index is 2.14. The molecule has 0 saturated carbocycles. The fraction of sp³-hybridized carbons (Fsp3) is 0.500. The summed E-state index contributed by atoms with van der Waals surface area (Å²) >= 11 is 9.49. The Hall–Kier alpha value is -0.850. The number of halogens is 3. The maximum Gasteiger partial charge on any atom is 0.146 e. The van der Waals surface area contributed by atoms with Crippen LogP contribution in [0.25, 0.3) is 11.0 Å². The molecule has 21 heavy (non-hydrogen) atoms. The number of aromatic nitrogens is 2. The molecule has 0 amide bonds. The van der Waals surface area contributed by atoms with Crippen molar-refractivity contribution >= 4 is 38.6 Å². The van der Waals surface area contributed by atoms with Crippen molar-refractivity contribution in [2.24, 2.45) is 0 Å². The monoisotopic (exact) mass is 374 g/mol. The van der Waals surface area contributed by atoms with Crippen molar-refractivity contribution < 1.29 is 4.39 Å². The average molecular weight is 376 g/mol. The number of likely N-dealkylation sites (N-methyl/N-ethyl adjacent to an activating group) is 1. The number of rotatable bonds is 2. The van der Waals surface area contributed by atoms with Gasteiger partial charge in [-0.05, 0) is 36.0 Å². The number of alkyl halides is 1. The standard InChI is InChI=1S/C14H17BrClFN4/c1-9(16)14-18-12-7-10(15)11(17)8-13(12)21(14)20-5-3-19(2)4-6-20/h7-9H,3-6H2,1-2H3.